The summed E-state index contributed by atoms with van der Waals surface area (Å²) in [5.74, 6) is -0.148. The number of ether oxygens (including phenoxy) is 3. The topological polar surface area (TPSA) is 94.1 Å². The molecule has 0 unspecified atom stereocenters. The highest BCUT2D eigenvalue weighted by Crippen LogP contribution is 2.33. The lowest BCUT2D eigenvalue weighted by atomic mass is 9.83. The van der Waals surface area contributed by atoms with Gasteiger partial charge in [0.2, 0.25) is 0 Å². The van der Waals surface area contributed by atoms with Gasteiger partial charge in [-0.1, -0.05) is 18.2 Å². The van der Waals surface area contributed by atoms with E-state index in [9.17, 15) is 14.0 Å². The number of hydrogen-bond acceptors (Lipinski definition) is 5. The largest absolute Gasteiger partial charge is 0.494 e. The number of aliphatic carboxylic acids is 1. The van der Waals surface area contributed by atoms with Crippen LogP contribution in [0.2, 0.25) is 0 Å². The second-order valence-corrected chi connectivity index (χ2v) is 8.14. The summed E-state index contributed by atoms with van der Waals surface area (Å²) < 4.78 is 30.6. The number of carbonyl (C=O) groups is 2. The van der Waals surface area contributed by atoms with Crippen molar-refractivity contribution in [2.75, 3.05) is 31.7 Å². The van der Waals surface area contributed by atoms with E-state index in [1.54, 1.807) is 30.3 Å². The highest BCUT2D eigenvalue weighted by Gasteiger charge is 2.23. The summed E-state index contributed by atoms with van der Waals surface area (Å²) in [4.78, 5) is 22.9. The molecule has 7 nitrogen and oxygen atoms in total. The van der Waals surface area contributed by atoms with Crippen molar-refractivity contribution in [1.82, 2.24) is 0 Å². The normalized spacial score (nSPS) is 17.9. The van der Waals surface area contributed by atoms with Crippen LogP contribution < -0.4 is 10.1 Å². The molecule has 0 aliphatic heterocycles. The first kappa shape index (κ1) is 24.5. The summed E-state index contributed by atoms with van der Waals surface area (Å²) >= 11 is 0. The molecule has 3 rings (SSSR count). The van der Waals surface area contributed by atoms with Crippen molar-refractivity contribution in [2.45, 2.75) is 32.6 Å². The van der Waals surface area contributed by atoms with Crippen molar-refractivity contribution in [3.05, 3.63) is 48.3 Å². The molecule has 0 bridgehead atoms. The van der Waals surface area contributed by atoms with Gasteiger partial charge < -0.3 is 19.3 Å². The fraction of sp³-hybridized carbons (Fsp3) is 0.440. The van der Waals surface area contributed by atoms with Crippen molar-refractivity contribution < 1.29 is 33.3 Å². The number of nitrogens with one attached hydrogen (secondary N) is 1. The number of hydrogen-bond donors (Lipinski definition) is 2. The Morgan fingerprint density at radius 2 is 1.70 bits per heavy atom. The Morgan fingerprint density at radius 3 is 2.33 bits per heavy atom. The molecule has 1 saturated carbocycles. The van der Waals surface area contributed by atoms with E-state index in [1.165, 1.54) is 12.1 Å². The van der Waals surface area contributed by atoms with Gasteiger partial charge in [0.25, 0.3) is 0 Å². The first-order valence-electron chi connectivity index (χ1n) is 11.2. The molecule has 0 radical (unpaired) electrons. The number of carbonyl (C=O) groups excluding carboxylic acids is 1. The predicted molar refractivity (Wildman–Crippen MR) is 122 cm³/mol. The summed E-state index contributed by atoms with van der Waals surface area (Å²) in [5, 5.41) is 11.3. The lowest BCUT2D eigenvalue weighted by Crippen LogP contribution is -2.25. The van der Waals surface area contributed by atoms with Crippen LogP contribution in [0.15, 0.2) is 42.5 Å². The number of halogens is 1. The van der Waals surface area contributed by atoms with Crippen molar-refractivity contribution in [1.29, 1.82) is 0 Å². The molecule has 0 atom stereocenters. The fourth-order valence-corrected chi connectivity index (χ4v) is 4.02. The molecular formula is C25H30FNO6. The molecule has 0 spiro atoms. The van der Waals surface area contributed by atoms with Crippen LogP contribution in [-0.2, 0) is 14.3 Å². The van der Waals surface area contributed by atoms with Crippen LogP contribution in [-0.4, -0.2) is 43.6 Å². The zero-order chi connectivity index (χ0) is 23.6. The minimum atomic E-state index is -0.966. The highest BCUT2D eigenvalue weighted by molar-refractivity contribution is 5.91. The zero-order valence-electron chi connectivity index (χ0n) is 18.7. The number of carboxylic acid groups (broad SMARTS) is 1. The monoisotopic (exact) mass is 459 g/mol. The maximum absolute atomic E-state index is 14.6. The molecule has 2 aromatic rings. The maximum Gasteiger partial charge on any atom is 0.411 e. The van der Waals surface area contributed by atoms with E-state index in [-0.39, 0.29) is 19.1 Å². The third-order valence-electron chi connectivity index (χ3n) is 5.70. The van der Waals surface area contributed by atoms with Gasteiger partial charge >= 0.3 is 12.1 Å². The van der Waals surface area contributed by atoms with E-state index in [2.05, 4.69) is 5.32 Å². The van der Waals surface area contributed by atoms with Gasteiger partial charge in [0.05, 0.1) is 25.5 Å². The summed E-state index contributed by atoms with van der Waals surface area (Å²) in [5.41, 5.74) is 1.25. The Bertz CT molecular complexity index is 925. The molecule has 33 heavy (non-hydrogen) atoms. The quantitative estimate of drug-likeness (QED) is 0.498. The Kier molecular flexibility index (Phi) is 9.06. The number of benzene rings is 2. The molecule has 1 fully saturated rings. The van der Waals surface area contributed by atoms with Gasteiger partial charge in [-0.25, -0.2) is 14.0 Å². The van der Waals surface area contributed by atoms with Crippen LogP contribution in [0.1, 0.15) is 32.6 Å². The van der Waals surface area contributed by atoms with Crippen molar-refractivity contribution >= 4 is 17.7 Å². The summed E-state index contributed by atoms with van der Waals surface area (Å²) in [6.07, 6.45) is 2.94. The Balaban J connectivity index is 1.51. The number of amides is 1. The Morgan fingerprint density at radius 1 is 1.03 bits per heavy atom. The molecule has 0 heterocycles. The highest BCUT2D eigenvalue weighted by atomic mass is 19.1. The lowest BCUT2D eigenvalue weighted by molar-refractivity contribution is -0.142. The van der Waals surface area contributed by atoms with Crippen LogP contribution in [0.3, 0.4) is 0 Å². The molecule has 1 aliphatic carbocycles. The van der Waals surface area contributed by atoms with Crippen molar-refractivity contribution in [3.63, 3.8) is 0 Å². The summed E-state index contributed by atoms with van der Waals surface area (Å²) in [6, 6.07) is 11.5. The third kappa shape index (κ3) is 7.46. The van der Waals surface area contributed by atoms with E-state index in [0.717, 1.165) is 25.7 Å². The number of rotatable bonds is 10. The van der Waals surface area contributed by atoms with E-state index >= 15 is 0 Å². The molecular weight excluding hydrogens is 429 g/mol. The molecule has 2 aromatic carbocycles. The first-order chi connectivity index (χ1) is 16.0. The van der Waals surface area contributed by atoms with Gasteiger partial charge in [0.15, 0.2) is 0 Å². The minimum Gasteiger partial charge on any atom is -0.494 e. The van der Waals surface area contributed by atoms with Gasteiger partial charge in [-0.3, -0.25) is 5.32 Å². The van der Waals surface area contributed by atoms with Crippen LogP contribution in [0, 0.1) is 17.7 Å². The second-order valence-electron chi connectivity index (χ2n) is 8.14. The lowest BCUT2D eigenvalue weighted by Gasteiger charge is -2.27. The first-order valence-corrected chi connectivity index (χ1v) is 11.2. The number of anilines is 1. The fourth-order valence-electron chi connectivity index (χ4n) is 4.02. The van der Waals surface area contributed by atoms with E-state index < -0.39 is 17.9 Å². The number of carboxylic acids is 1. The average molecular weight is 460 g/mol. The summed E-state index contributed by atoms with van der Waals surface area (Å²) in [7, 11) is 0. The molecule has 1 amide bonds. The van der Waals surface area contributed by atoms with Crippen LogP contribution in [0.25, 0.3) is 11.1 Å². The minimum absolute atomic E-state index is 0.240. The van der Waals surface area contributed by atoms with Crippen molar-refractivity contribution in [2.24, 2.45) is 11.8 Å². The van der Waals surface area contributed by atoms with E-state index in [0.29, 0.717) is 41.7 Å². The molecule has 0 aromatic heterocycles. The molecule has 8 heteroatoms. The molecule has 178 valence electrons. The predicted octanol–water partition coefficient (Wildman–Crippen LogP) is 5.35. The Labute approximate surface area is 192 Å². The zero-order valence-corrected chi connectivity index (χ0v) is 18.7. The van der Waals surface area contributed by atoms with E-state index in [1.807, 2.05) is 6.92 Å². The SMILES string of the molecule is CCOc1ccc(-c2c(F)cccc2NC(=O)OCC2CCC(COCC(=O)O)CC2)cc1. The molecule has 2 N–H and O–H groups in total. The van der Waals surface area contributed by atoms with Crippen LogP contribution >= 0.6 is 0 Å². The van der Waals surface area contributed by atoms with Gasteiger partial charge in [-0.15, -0.1) is 0 Å². The maximum atomic E-state index is 14.6. The Hall–Kier alpha value is -3.13. The summed E-state index contributed by atoms with van der Waals surface area (Å²) in [6.45, 7) is 2.87. The smallest absolute Gasteiger partial charge is 0.411 e. The van der Waals surface area contributed by atoms with Gasteiger partial charge in [-0.2, -0.15) is 0 Å². The second kappa shape index (κ2) is 12.2. The van der Waals surface area contributed by atoms with Crippen LogP contribution in [0.5, 0.6) is 5.75 Å². The molecule has 0 saturated heterocycles. The average Bonchev–Trinajstić information content (AvgIpc) is 2.79. The van der Waals surface area contributed by atoms with Gasteiger partial charge in [0.1, 0.15) is 18.2 Å². The standard InChI is InChI=1S/C25H30FNO6/c1-2-32-20-12-10-19(11-13-20)24-21(26)4-3-5-22(24)27-25(30)33-15-18-8-6-17(7-9-18)14-31-16-23(28)29/h3-5,10-13,17-18H,2,6-9,14-16H2,1H3,(H,27,30)(H,28,29). The van der Waals surface area contributed by atoms with Gasteiger partial charge in [0, 0.05) is 5.56 Å². The van der Waals surface area contributed by atoms with E-state index in [4.69, 9.17) is 19.3 Å². The van der Waals surface area contributed by atoms with Gasteiger partial charge in [-0.05, 0) is 74.3 Å². The molecule has 1 aliphatic rings. The van der Waals surface area contributed by atoms with Crippen LogP contribution in [0.4, 0.5) is 14.9 Å². The van der Waals surface area contributed by atoms with Crippen molar-refractivity contribution in [3.8, 4) is 16.9 Å². The third-order valence-corrected chi connectivity index (χ3v) is 5.70.